The minimum absolute atomic E-state index is 0.0392. The predicted molar refractivity (Wildman–Crippen MR) is 81.0 cm³/mol. The summed E-state index contributed by atoms with van der Waals surface area (Å²) in [5, 5.41) is 12.5. The van der Waals surface area contributed by atoms with Gasteiger partial charge < -0.3 is 10.4 Å². The zero-order valence-corrected chi connectivity index (χ0v) is 12.1. The molecule has 0 bridgehead atoms. The number of amides is 1. The predicted octanol–water partition coefficient (Wildman–Crippen LogP) is 2.90. The van der Waals surface area contributed by atoms with Crippen LogP contribution in [0.25, 0.3) is 6.08 Å². The second-order valence-corrected chi connectivity index (χ2v) is 5.65. The number of benzene rings is 1. The standard InChI is InChI=1S/C17H22FNO2/c18-15-7-1-4-13(10-15)5-3-9-17(21)19-12-14-6-2-8-16(20)11-14/h1,3-5,7,10,14,16,20H,2,6,8-9,11-12H2,(H,19,21)/b5-3+. The maximum absolute atomic E-state index is 13.0. The number of hydrogen-bond donors (Lipinski definition) is 2. The van der Waals surface area contributed by atoms with Crippen LogP contribution >= 0.6 is 0 Å². The topological polar surface area (TPSA) is 49.3 Å². The van der Waals surface area contributed by atoms with Crippen LogP contribution in [0.3, 0.4) is 0 Å². The molecule has 1 aliphatic carbocycles. The van der Waals surface area contributed by atoms with Gasteiger partial charge >= 0.3 is 0 Å². The highest BCUT2D eigenvalue weighted by molar-refractivity contribution is 5.78. The third-order valence-electron chi connectivity index (χ3n) is 3.81. The van der Waals surface area contributed by atoms with E-state index in [2.05, 4.69) is 5.32 Å². The van der Waals surface area contributed by atoms with Gasteiger partial charge in [0.25, 0.3) is 0 Å². The molecular weight excluding hydrogens is 269 g/mol. The van der Waals surface area contributed by atoms with Crippen LogP contribution in [-0.4, -0.2) is 23.7 Å². The lowest BCUT2D eigenvalue weighted by Gasteiger charge is -2.25. The minimum atomic E-state index is -0.280. The van der Waals surface area contributed by atoms with Crippen molar-refractivity contribution in [3.05, 3.63) is 41.7 Å². The quantitative estimate of drug-likeness (QED) is 0.876. The zero-order chi connectivity index (χ0) is 15.1. The summed E-state index contributed by atoms with van der Waals surface area (Å²) in [6.07, 6.45) is 7.30. The van der Waals surface area contributed by atoms with Gasteiger partial charge in [0, 0.05) is 13.0 Å². The molecule has 0 spiro atoms. The molecule has 1 fully saturated rings. The molecule has 1 amide bonds. The van der Waals surface area contributed by atoms with Crippen LogP contribution in [0.5, 0.6) is 0 Å². The van der Waals surface area contributed by atoms with Crippen LogP contribution in [0, 0.1) is 11.7 Å². The highest BCUT2D eigenvalue weighted by Gasteiger charge is 2.20. The first-order chi connectivity index (χ1) is 10.1. The van der Waals surface area contributed by atoms with E-state index in [-0.39, 0.29) is 24.2 Å². The Bertz CT molecular complexity index is 501. The van der Waals surface area contributed by atoms with E-state index in [1.165, 1.54) is 12.1 Å². The summed E-state index contributed by atoms with van der Waals surface area (Å²) in [4.78, 5) is 11.7. The van der Waals surface area contributed by atoms with Gasteiger partial charge in [-0.15, -0.1) is 0 Å². The van der Waals surface area contributed by atoms with E-state index < -0.39 is 0 Å². The maximum Gasteiger partial charge on any atom is 0.223 e. The SMILES string of the molecule is O=C(C/C=C/c1cccc(F)c1)NCC1CCCC(O)C1. The molecule has 0 aromatic heterocycles. The Kier molecular flexibility index (Phi) is 5.93. The molecule has 21 heavy (non-hydrogen) atoms. The second-order valence-electron chi connectivity index (χ2n) is 5.65. The molecular formula is C17H22FNO2. The summed E-state index contributed by atoms with van der Waals surface area (Å²) in [5.74, 6) is 0.0603. The van der Waals surface area contributed by atoms with Gasteiger partial charge in [-0.3, -0.25) is 4.79 Å². The molecule has 4 heteroatoms. The van der Waals surface area contributed by atoms with Gasteiger partial charge in [-0.2, -0.15) is 0 Å². The van der Waals surface area contributed by atoms with Crippen molar-refractivity contribution in [1.29, 1.82) is 0 Å². The van der Waals surface area contributed by atoms with E-state index in [1.807, 2.05) is 0 Å². The molecule has 0 saturated heterocycles. The van der Waals surface area contributed by atoms with E-state index >= 15 is 0 Å². The summed E-state index contributed by atoms with van der Waals surface area (Å²) >= 11 is 0. The monoisotopic (exact) mass is 291 g/mol. The van der Waals surface area contributed by atoms with Crippen LogP contribution in [0.2, 0.25) is 0 Å². The van der Waals surface area contributed by atoms with E-state index in [0.717, 1.165) is 31.2 Å². The second kappa shape index (κ2) is 7.93. The summed E-state index contributed by atoms with van der Waals surface area (Å²) in [5.41, 5.74) is 0.748. The van der Waals surface area contributed by atoms with Crippen molar-refractivity contribution in [1.82, 2.24) is 5.32 Å². The molecule has 2 unspecified atom stereocenters. The number of nitrogens with one attached hydrogen (secondary N) is 1. The molecule has 1 saturated carbocycles. The first-order valence-corrected chi connectivity index (χ1v) is 7.50. The van der Waals surface area contributed by atoms with Gasteiger partial charge in [0.1, 0.15) is 5.82 Å². The Morgan fingerprint density at radius 2 is 2.29 bits per heavy atom. The van der Waals surface area contributed by atoms with Gasteiger partial charge in [0.15, 0.2) is 0 Å². The number of rotatable bonds is 5. The van der Waals surface area contributed by atoms with E-state index in [0.29, 0.717) is 12.5 Å². The summed E-state index contributed by atoms with van der Waals surface area (Å²) in [7, 11) is 0. The molecule has 3 nitrogen and oxygen atoms in total. The highest BCUT2D eigenvalue weighted by atomic mass is 19.1. The van der Waals surface area contributed by atoms with Crippen molar-refractivity contribution >= 4 is 12.0 Å². The van der Waals surface area contributed by atoms with Crippen LogP contribution < -0.4 is 5.32 Å². The Hall–Kier alpha value is -1.68. The molecule has 1 aliphatic rings. The van der Waals surface area contributed by atoms with E-state index in [9.17, 15) is 14.3 Å². The molecule has 2 N–H and O–H groups in total. The molecule has 2 rings (SSSR count). The van der Waals surface area contributed by atoms with Gasteiger partial charge in [-0.1, -0.05) is 30.7 Å². The lowest BCUT2D eigenvalue weighted by Crippen LogP contribution is -2.32. The van der Waals surface area contributed by atoms with Gasteiger partial charge in [-0.05, 0) is 42.9 Å². The van der Waals surface area contributed by atoms with Crippen molar-refractivity contribution in [3.63, 3.8) is 0 Å². The van der Waals surface area contributed by atoms with E-state index in [4.69, 9.17) is 0 Å². The fourth-order valence-corrected chi connectivity index (χ4v) is 2.69. The zero-order valence-electron chi connectivity index (χ0n) is 12.1. The number of aliphatic hydroxyl groups is 1. The number of halogens is 1. The number of carbonyl (C=O) groups excluding carboxylic acids is 1. The van der Waals surface area contributed by atoms with Crippen LogP contribution in [0.4, 0.5) is 4.39 Å². The summed E-state index contributed by atoms with van der Waals surface area (Å²) < 4.78 is 13.0. The Morgan fingerprint density at radius 1 is 1.43 bits per heavy atom. The smallest absolute Gasteiger partial charge is 0.223 e. The fourth-order valence-electron chi connectivity index (χ4n) is 2.69. The highest BCUT2D eigenvalue weighted by Crippen LogP contribution is 2.23. The van der Waals surface area contributed by atoms with Crippen molar-refractivity contribution in [2.75, 3.05) is 6.54 Å². The first kappa shape index (κ1) is 15.7. The molecule has 114 valence electrons. The van der Waals surface area contributed by atoms with Crippen LogP contribution in [0.15, 0.2) is 30.3 Å². The van der Waals surface area contributed by atoms with E-state index in [1.54, 1.807) is 24.3 Å². The molecule has 0 heterocycles. The van der Waals surface area contributed by atoms with Gasteiger partial charge in [-0.25, -0.2) is 4.39 Å². The van der Waals surface area contributed by atoms with Crippen molar-refractivity contribution in [2.45, 2.75) is 38.2 Å². The average Bonchev–Trinajstić information content (AvgIpc) is 2.45. The molecule has 0 aliphatic heterocycles. The average molecular weight is 291 g/mol. The van der Waals surface area contributed by atoms with Gasteiger partial charge in [0.05, 0.1) is 6.10 Å². The van der Waals surface area contributed by atoms with Crippen LogP contribution in [-0.2, 0) is 4.79 Å². The Labute approximate surface area is 124 Å². The molecule has 1 aromatic rings. The van der Waals surface area contributed by atoms with Crippen molar-refractivity contribution in [2.24, 2.45) is 5.92 Å². The minimum Gasteiger partial charge on any atom is -0.393 e. The van der Waals surface area contributed by atoms with Crippen LogP contribution in [0.1, 0.15) is 37.7 Å². The van der Waals surface area contributed by atoms with Crippen molar-refractivity contribution < 1.29 is 14.3 Å². The number of aliphatic hydroxyl groups excluding tert-OH is 1. The molecule has 1 aromatic carbocycles. The lowest BCUT2D eigenvalue weighted by atomic mass is 9.87. The molecule has 2 atom stereocenters. The molecule has 0 radical (unpaired) electrons. The third kappa shape index (κ3) is 5.68. The summed E-state index contributed by atoms with van der Waals surface area (Å²) in [6, 6.07) is 6.25. The lowest BCUT2D eigenvalue weighted by molar-refractivity contribution is -0.120. The largest absolute Gasteiger partial charge is 0.393 e. The first-order valence-electron chi connectivity index (χ1n) is 7.50. The number of hydrogen-bond acceptors (Lipinski definition) is 2. The Morgan fingerprint density at radius 3 is 3.05 bits per heavy atom. The normalized spacial score (nSPS) is 22.4. The summed E-state index contributed by atoms with van der Waals surface area (Å²) in [6.45, 7) is 0.629. The number of carbonyl (C=O) groups is 1. The van der Waals surface area contributed by atoms with Crippen molar-refractivity contribution in [3.8, 4) is 0 Å². The van der Waals surface area contributed by atoms with Gasteiger partial charge in [0.2, 0.25) is 5.91 Å². The fraction of sp³-hybridized carbons (Fsp3) is 0.471. The third-order valence-corrected chi connectivity index (χ3v) is 3.81. The maximum atomic E-state index is 13.0. The Balaban J connectivity index is 1.70.